The van der Waals surface area contributed by atoms with Crippen LogP contribution in [0.1, 0.15) is 36.0 Å². The normalized spacial score (nSPS) is 16.3. The zero-order valence-corrected chi connectivity index (χ0v) is 18.4. The fourth-order valence-electron chi connectivity index (χ4n) is 3.72. The van der Waals surface area contributed by atoms with Crippen LogP contribution >= 0.6 is 12.2 Å². The number of hydrogen-bond acceptors (Lipinski definition) is 4. The van der Waals surface area contributed by atoms with Gasteiger partial charge in [-0.3, -0.25) is 4.79 Å². The monoisotopic (exact) mass is 417 g/mol. The van der Waals surface area contributed by atoms with Crippen molar-refractivity contribution >= 4 is 28.2 Å². The molecule has 0 spiro atoms. The lowest BCUT2D eigenvalue weighted by molar-refractivity contribution is 0.0896. The van der Waals surface area contributed by atoms with Gasteiger partial charge in [0.25, 0.3) is 5.56 Å². The highest BCUT2D eigenvalue weighted by Crippen LogP contribution is 2.21. The van der Waals surface area contributed by atoms with Gasteiger partial charge in [-0.25, -0.2) is 0 Å². The first-order valence-electron chi connectivity index (χ1n) is 10.2. The molecule has 7 heteroatoms. The summed E-state index contributed by atoms with van der Waals surface area (Å²) in [6.07, 6.45) is 3.12. The summed E-state index contributed by atoms with van der Waals surface area (Å²) in [6, 6.07) is 6.13. The molecule has 2 heterocycles. The van der Waals surface area contributed by atoms with Crippen LogP contribution in [0.3, 0.4) is 0 Å². The molecule has 1 aromatic heterocycles. The molecule has 1 atom stereocenters. The van der Waals surface area contributed by atoms with Crippen LogP contribution in [0.15, 0.2) is 23.0 Å². The lowest BCUT2D eigenvalue weighted by Gasteiger charge is -2.28. The third kappa shape index (κ3) is 5.56. The zero-order chi connectivity index (χ0) is 20.8. The van der Waals surface area contributed by atoms with Gasteiger partial charge in [0.05, 0.1) is 18.2 Å². The van der Waals surface area contributed by atoms with E-state index in [2.05, 4.69) is 28.2 Å². The largest absolute Gasteiger partial charge is 0.385 e. The Morgan fingerprint density at radius 3 is 2.90 bits per heavy atom. The van der Waals surface area contributed by atoms with Crippen molar-refractivity contribution in [1.82, 2.24) is 15.2 Å². The molecule has 1 aliphatic heterocycles. The molecular weight excluding hydrogens is 386 g/mol. The molecule has 1 fully saturated rings. The number of thiocarbonyl (C=S) groups is 1. The van der Waals surface area contributed by atoms with Gasteiger partial charge in [-0.2, -0.15) is 0 Å². The smallest absolute Gasteiger partial charge is 0.253 e. The van der Waals surface area contributed by atoms with Gasteiger partial charge in [-0.05, 0) is 62.5 Å². The Balaban J connectivity index is 1.82. The highest BCUT2D eigenvalue weighted by molar-refractivity contribution is 7.80. The number of fused-ring (bicyclic) bond motifs is 1. The second-order valence-corrected chi connectivity index (χ2v) is 8.09. The predicted octanol–water partition coefficient (Wildman–Crippen LogP) is 3.04. The second kappa shape index (κ2) is 10.2. The van der Waals surface area contributed by atoms with E-state index in [1.165, 1.54) is 0 Å². The van der Waals surface area contributed by atoms with E-state index in [1.807, 2.05) is 19.1 Å². The number of pyridine rings is 1. The minimum Gasteiger partial charge on any atom is -0.385 e. The maximum absolute atomic E-state index is 12.8. The van der Waals surface area contributed by atoms with Gasteiger partial charge < -0.3 is 24.7 Å². The fraction of sp³-hybridized carbons (Fsp3) is 0.545. The SMILES string of the molecule is COCCCNC(=S)N(Cc1cc2c(C)ccc(C)c2[nH]c1=O)CC1CCCO1. The van der Waals surface area contributed by atoms with Crippen LogP contribution in [0, 0.1) is 13.8 Å². The summed E-state index contributed by atoms with van der Waals surface area (Å²) in [5, 5.41) is 5.03. The molecule has 0 saturated carbocycles. The Morgan fingerprint density at radius 1 is 1.38 bits per heavy atom. The number of nitrogens with zero attached hydrogens (tertiary/aromatic N) is 1. The molecular formula is C22H31N3O3S. The van der Waals surface area contributed by atoms with Crippen LogP contribution in [0.2, 0.25) is 0 Å². The van der Waals surface area contributed by atoms with Crippen molar-refractivity contribution in [1.29, 1.82) is 0 Å². The Kier molecular flexibility index (Phi) is 7.64. The van der Waals surface area contributed by atoms with Crippen molar-refractivity contribution in [3.8, 4) is 0 Å². The Hall–Kier alpha value is -1.96. The summed E-state index contributed by atoms with van der Waals surface area (Å²) in [5.41, 5.74) is 3.77. The molecule has 1 unspecified atom stereocenters. The van der Waals surface area contributed by atoms with E-state index in [0.29, 0.717) is 30.4 Å². The van der Waals surface area contributed by atoms with Crippen molar-refractivity contribution in [3.05, 3.63) is 45.2 Å². The number of rotatable bonds is 8. The number of nitrogens with one attached hydrogen (secondary N) is 2. The highest BCUT2D eigenvalue weighted by Gasteiger charge is 2.22. The summed E-state index contributed by atoms with van der Waals surface area (Å²) in [4.78, 5) is 17.9. The van der Waals surface area contributed by atoms with Crippen LogP contribution in [0.5, 0.6) is 0 Å². The molecule has 29 heavy (non-hydrogen) atoms. The molecule has 2 N–H and O–H groups in total. The molecule has 158 valence electrons. The van der Waals surface area contributed by atoms with Crippen LogP contribution in [0.25, 0.3) is 10.9 Å². The van der Waals surface area contributed by atoms with E-state index in [-0.39, 0.29) is 11.7 Å². The van der Waals surface area contributed by atoms with Crippen molar-refractivity contribution in [2.75, 3.05) is 33.4 Å². The number of aryl methyl sites for hydroxylation is 2. The molecule has 1 saturated heterocycles. The molecule has 3 rings (SSSR count). The predicted molar refractivity (Wildman–Crippen MR) is 121 cm³/mol. The fourth-order valence-corrected chi connectivity index (χ4v) is 3.96. The van der Waals surface area contributed by atoms with Crippen molar-refractivity contribution in [3.63, 3.8) is 0 Å². The van der Waals surface area contributed by atoms with E-state index in [4.69, 9.17) is 21.7 Å². The van der Waals surface area contributed by atoms with Gasteiger partial charge in [-0.1, -0.05) is 12.1 Å². The van der Waals surface area contributed by atoms with Crippen molar-refractivity contribution in [2.24, 2.45) is 0 Å². The highest BCUT2D eigenvalue weighted by atomic mass is 32.1. The van der Waals surface area contributed by atoms with E-state index in [0.717, 1.165) is 54.4 Å². The lowest BCUT2D eigenvalue weighted by Crippen LogP contribution is -2.44. The molecule has 1 aliphatic rings. The van der Waals surface area contributed by atoms with E-state index in [9.17, 15) is 4.79 Å². The van der Waals surface area contributed by atoms with E-state index < -0.39 is 0 Å². The number of methoxy groups -OCH3 is 1. The lowest BCUT2D eigenvalue weighted by atomic mass is 10.0. The Morgan fingerprint density at radius 2 is 2.17 bits per heavy atom. The number of hydrogen-bond donors (Lipinski definition) is 2. The van der Waals surface area contributed by atoms with E-state index >= 15 is 0 Å². The van der Waals surface area contributed by atoms with Crippen molar-refractivity contribution < 1.29 is 9.47 Å². The van der Waals surface area contributed by atoms with Gasteiger partial charge in [-0.15, -0.1) is 0 Å². The average molecular weight is 418 g/mol. The van der Waals surface area contributed by atoms with Gasteiger partial charge in [0.1, 0.15) is 0 Å². The average Bonchev–Trinajstić information content (AvgIpc) is 3.21. The maximum atomic E-state index is 12.8. The van der Waals surface area contributed by atoms with Gasteiger partial charge >= 0.3 is 0 Å². The minimum absolute atomic E-state index is 0.0641. The van der Waals surface area contributed by atoms with Gasteiger partial charge in [0, 0.05) is 44.4 Å². The topological polar surface area (TPSA) is 66.6 Å². The summed E-state index contributed by atoms with van der Waals surface area (Å²) in [6.45, 7) is 7.43. The van der Waals surface area contributed by atoms with Gasteiger partial charge in [0.15, 0.2) is 5.11 Å². The first kappa shape index (κ1) is 21.7. The number of H-pyrrole nitrogens is 1. The van der Waals surface area contributed by atoms with Crippen LogP contribution in [0.4, 0.5) is 0 Å². The first-order chi connectivity index (χ1) is 14.0. The number of benzene rings is 1. The second-order valence-electron chi connectivity index (χ2n) is 7.71. The summed E-state index contributed by atoms with van der Waals surface area (Å²) < 4.78 is 10.9. The quantitative estimate of drug-likeness (QED) is 0.508. The standard InChI is InChI=1S/C22H31N3O3S/c1-15-7-8-16(2)20-19(15)12-17(21(26)24-20)13-25(14-18-6-4-11-28-18)22(29)23-9-5-10-27-3/h7-8,12,18H,4-6,9-11,13-14H2,1-3H3,(H,23,29)(H,24,26). The van der Waals surface area contributed by atoms with Crippen molar-refractivity contribution in [2.45, 2.75) is 45.8 Å². The Bertz CT molecular complexity index is 906. The minimum atomic E-state index is -0.0641. The molecule has 2 aromatic rings. The first-order valence-corrected chi connectivity index (χ1v) is 10.7. The third-order valence-corrected chi connectivity index (χ3v) is 5.82. The van der Waals surface area contributed by atoms with E-state index in [1.54, 1.807) is 7.11 Å². The summed E-state index contributed by atoms with van der Waals surface area (Å²) >= 11 is 5.65. The zero-order valence-electron chi connectivity index (χ0n) is 17.5. The number of aromatic amines is 1. The third-order valence-electron chi connectivity index (χ3n) is 5.42. The Labute approximate surface area is 177 Å². The molecule has 0 radical (unpaired) electrons. The summed E-state index contributed by atoms with van der Waals surface area (Å²) in [5.74, 6) is 0. The molecule has 0 bridgehead atoms. The van der Waals surface area contributed by atoms with Crippen LogP contribution < -0.4 is 10.9 Å². The molecule has 1 aromatic carbocycles. The molecule has 0 aliphatic carbocycles. The van der Waals surface area contributed by atoms with Crippen LogP contribution in [-0.4, -0.2) is 54.5 Å². The number of aromatic nitrogens is 1. The molecule has 6 nitrogen and oxygen atoms in total. The number of ether oxygens (including phenoxy) is 2. The molecule has 0 amide bonds. The van der Waals surface area contributed by atoms with Crippen LogP contribution in [-0.2, 0) is 16.0 Å². The maximum Gasteiger partial charge on any atom is 0.253 e. The van der Waals surface area contributed by atoms with Gasteiger partial charge in [0.2, 0.25) is 0 Å². The summed E-state index contributed by atoms with van der Waals surface area (Å²) in [7, 11) is 1.69.